The maximum Gasteiger partial charge on any atom is 0.258 e. The molecule has 2 aromatic carbocycles. The lowest BCUT2D eigenvalue weighted by Crippen LogP contribution is -2.17. The molecule has 25 heavy (non-hydrogen) atoms. The topological polar surface area (TPSA) is 91.4 Å². The molecule has 0 spiro atoms. The van der Waals surface area contributed by atoms with Crippen molar-refractivity contribution in [3.8, 4) is 16.9 Å². The number of nitrogens with zero attached hydrogens (tertiary/aromatic N) is 1. The minimum Gasteiger partial charge on any atom is -0.495 e. The summed E-state index contributed by atoms with van der Waals surface area (Å²) in [5.41, 5.74) is 0.736. The van der Waals surface area contributed by atoms with E-state index >= 15 is 0 Å². The summed E-state index contributed by atoms with van der Waals surface area (Å²) in [5.74, 6) is -0.409. The summed E-state index contributed by atoms with van der Waals surface area (Å²) in [7, 11) is -1.12. The number of hydrogen-bond acceptors (Lipinski definition) is 4. The summed E-state index contributed by atoms with van der Waals surface area (Å²) in [5, 5.41) is 5.97. The third-order valence-corrected chi connectivity index (χ3v) is 4.86. The molecule has 1 heterocycles. The molecule has 0 atom stereocenters. The Morgan fingerprint density at radius 2 is 1.84 bits per heavy atom. The summed E-state index contributed by atoms with van der Waals surface area (Å²) >= 11 is 0. The highest BCUT2D eigenvalue weighted by molar-refractivity contribution is 7.89. The van der Waals surface area contributed by atoms with Gasteiger partial charge in [-0.25, -0.2) is 17.9 Å². The van der Waals surface area contributed by atoms with Crippen molar-refractivity contribution in [3.05, 3.63) is 58.8 Å². The van der Waals surface area contributed by atoms with E-state index in [0.29, 0.717) is 16.5 Å². The van der Waals surface area contributed by atoms with Gasteiger partial charge in [0.25, 0.3) is 5.56 Å². The molecule has 0 fully saturated rings. The molecule has 0 aliphatic heterocycles. The smallest absolute Gasteiger partial charge is 0.258 e. The average molecular weight is 362 g/mol. The zero-order valence-corrected chi connectivity index (χ0v) is 14.3. The zero-order valence-electron chi connectivity index (χ0n) is 13.5. The van der Waals surface area contributed by atoms with Crippen LogP contribution in [0.4, 0.5) is 4.39 Å². The van der Waals surface area contributed by atoms with Gasteiger partial charge in [-0.3, -0.25) is 4.79 Å². The number of aryl methyl sites for hydroxylation is 1. The standard InChI is InChI=1S/C17H15FN2O4S/c1-20-9-14(12-5-4-11(18)8-13(12)17(20)21)10-3-6-15(24-2)16(7-10)25(19,22)23/h3-9H,1-2H3,(H2,19,22,23). The molecule has 0 bridgehead atoms. The van der Waals surface area contributed by atoms with Gasteiger partial charge in [-0.15, -0.1) is 0 Å². The Balaban J connectivity index is 2.38. The summed E-state index contributed by atoms with van der Waals surface area (Å²) in [4.78, 5) is 12.1. The summed E-state index contributed by atoms with van der Waals surface area (Å²) in [6.07, 6.45) is 1.57. The number of nitrogens with two attached hydrogens (primary N) is 1. The number of halogens is 1. The number of ether oxygens (including phenoxy) is 1. The SMILES string of the molecule is COc1ccc(-c2cn(C)c(=O)c3cc(F)ccc23)cc1S(N)(=O)=O. The van der Waals surface area contributed by atoms with E-state index in [-0.39, 0.29) is 21.6 Å². The molecule has 0 aliphatic carbocycles. The van der Waals surface area contributed by atoms with Crippen LogP contribution in [0.5, 0.6) is 5.75 Å². The molecule has 2 N–H and O–H groups in total. The Morgan fingerprint density at radius 1 is 1.12 bits per heavy atom. The van der Waals surface area contributed by atoms with Gasteiger partial charge in [0.1, 0.15) is 16.5 Å². The lowest BCUT2D eigenvalue weighted by molar-refractivity contribution is 0.403. The van der Waals surface area contributed by atoms with E-state index in [0.717, 1.165) is 6.07 Å². The minimum absolute atomic E-state index is 0.117. The average Bonchev–Trinajstić information content (AvgIpc) is 2.57. The lowest BCUT2D eigenvalue weighted by Gasteiger charge is -2.12. The van der Waals surface area contributed by atoms with Crippen LogP contribution < -0.4 is 15.4 Å². The van der Waals surface area contributed by atoms with Crippen molar-refractivity contribution in [1.29, 1.82) is 0 Å². The first kappa shape index (κ1) is 17.1. The Kier molecular flexibility index (Phi) is 4.09. The van der Waals surface area contributed by atoms with Crippen molar-refractivity contribution in [2.75, 3.05) is 7.11 Å². The maximum atomic E-state index is 13.5. The molecule has 0 saturated heterocycles. The van der Waals surface area contributed by atoms with Gasteiger partial charge >= 0.3 is 0 Å². The molecule has 1 aromatic heterocycles. The Hall–Kier alpha value is -2.71. The van der Waals surface area contributed by atoms with Gasteiger partial charge in [0.05, 0.1) is 12.5 Å². The number of fused-ring (bicyclic) bond motifs is 1. The molecule has 0 amide bonds. The number of sulfonamides is 1. The number of benzene rings is 2. The van der Waals surface area contributed by atoms with Crippen LogP contribution >= 0.6 is 0 Å². The predicted molar refractivity (Wildman–Crippen MR) is 92.5 cm³/mol. The molecule has 3 rings (SSSR count). The summed E-state index contributed by atoms with van der Waals surface area (Å²) < 4.78 is 43.5. The van der Waals surface area contributed by atoms with Crippen molar-refractivity contribution >= 4 is 20.8 Å². The molecule has 0 aliphatic rings. The van der Waals surface area contributed by atoms with Crippen LogP contribution in [0.3, 0.4) is 0 Å². The van der Waals surface area contributed by atoms with Crippen LogP contribution in [-0.2, 0) is 17.1 Å². The Bertz CT molecular complexity index is 1150. The Labute approximate surface area is 143 Å². The summed E-state index contributed by atoms with van der Waals surface area (Å²) in [6, 6.07) is 8.39. The highest BCUT2D eigenvalue weighted by Gasteiger charge is 2.18. The molecule has 0 saturated carbocycles. The first-order valence-electron chi connectivity index (χ1n) is 7.22. The van der Waals surface area contributed by atoms with E-state index in [4.69, 9.17) is 9.88 Å². The number of hydrogen-bond donors (Lipinski definition) is 1. The van der Waals surface area contributed by atoms with Gasteiger partial charge in [0.2, 0.25) is 10.0 Å². The second-order valence-electron chi connectivity index (χ2n) is 5.56. The third-order valence-electron chi connectivity index (χ3n) is 3.93. The van der Waals surface area contributed by atoms with Crippen LogP contribution in [0.2, 0.25) is 0 Å². The highest BCUT2D eigenvalue weighted by atomic mass is 32.2. The largest absolute Gasteiger partial charge is 0.495 e. The zero-order chi connectivity index (χ0) is 18.4. The van der Waals surface area contributed by atoms with Crippen LogP contribution in [0.25, 0.3) is 21.9 Å². The van der Waals surface area contributed by atoms with E-state index in [2.05, 4.69) is 0 Å². The van der Waals surface area contributed by atoms with Crippen LogP contribution in [-0.4, -0.2) is 20.1 Å². The van der Waals surface area contributed by atoms with Crippen LogP contribution in [0.1, 0.15) is 0 Å². The highest BCUT2D eigenvalue weighted by Crippen LogP contribution is 2.32. The fourth-order valence-electron chi connectivity index (χ4n) is 2.74. The molecule has 8 heteroatoms. The first-order chi connectivity index (χ1) is 11.7. The fraction of sp³-hybridized carbons (Fsp3) is 0.118. The normalized spacial score (nSPS) is 11.7. The van der Waals surface area contributed by atoms with Gasteiger partial charge < -0.3 is 9.30 Å². The van der Waals surface area contributed by atoms with Gasteiger partial charge in [-0.2, -0.15) is 0 Å². The molecule has 0 unspecified atom stereocenters. The lowest BCUT2D eigenvalue weighted by atomic mass is 10.0. The van der Waals surface area contributed by atoms with E-state index in [1.165, 1.54) is 35.9 Å². The van der Waals surface area contributed by atoms with Gasteiger partial charge in [0.15, 0.2) is 0 Å². The maximum absolute atomic E-state index is 13.5. The van der Waals surface area contributed by atoms with Crippen molar-refractivity contribution in [2.24, 2.45) is 12.2 Å². The number of aromatic nitrogens is 1. The fourth-order valence-corrected chi connectivity index (χ4v) is 3.46. The number of rotatable bonds is 3. The molecular formula is C17H15FN2O4S. The number of pyridine rings is 1. The summed E-state index contributed by atoms with van der Waals surface area (Å²) in [6.45, 7) is 0. The molecule has 130 valence electrons. The monoisotopic (exact) mass is 362 g/mol. The van der Waals surface area contributed by atoms with Gasteiger partial charge in [-0.1, -0.05) is 12.1 Å². The van der Waals surface area contributed by atoms with E-state index in [1.54, 1.807) is 19.3 Å². The molecule has 6 nitrogen and oxygen atoms in total. The minimum atomic E-state index is -4.01. The quantitative estimate of drug-likeness (QED) is 0.771. The van der Waals surface area contributed by atoms with Gasteiger partial charge in [0, 0.05) is 18.8 Å². The Morgan fingerprint density at radius 3 is 2.48 bits per heavy atom. The molecular weight excluding hydrogens is 347 g/mol. The van der Waals surface area contributed by atoms with E-state index in [1.807, 2.05) is 0 Å². The van der Waals surface area contributed by atoms with Crippen LogP contribution in [0, 0.1) is 5.82 Å². The van der Waals surface area contributed by atoms with E-state index in [9.17, 15) is 17.6 Å². The van der Waals surface area contributed by atoms with Crippen molar-refractivity contribution < 1.29 is 17.5 Å². The predicted octanol–water partition coefficient (Wildman–Crippen LogP) is 2.00. The second-order valence-corrected chi connectivity index (χ2v) is 7.09. The number of primary sulfonamides is 1. The third kappa shape index (κ3) is 3.01. The number of methoxy groups -OCH3 is 1. The molecule has 3 aromatic rings. The van der Waals surface area contributed by atoms with Crippen LogP contribution in [0.15, 0.2) is 52.3 Å². The van der Waals surface area contributed by atoms with E-state index < -0.39 is 15.8 Å². The van der Waals surface area contributed by atoms with Crippen molar-refractivity contribution in [1.82, 2.24) is 4.57 Å². The second kappa shape index (κ2) is 5.98. The van der Waals surface area contributed by atoms with Crippen molar-refractivity contribution in [2.45, 2.75) is 4.90 Å². The van der Waals surface area contributed by atoms with Gasteiger partial charge in [-0.05, 0) is 35.2 Å². The first-order valence-corrected chi connectivity index (χ1v) is 8.77. The molecule has 0 radical (unpaired) electrons. The van der Waals surface area contributed by atoms with Crippen molar-refractivity contribution in [3.63, 3.8) is 0 Å².